The van der Waals surface area contributed by atoms with Crippen molar-refractivity contribution in [3.63, 3.8) is 0 Å². The number of aromatic nitrogens is 3. The molecule has 116 valence electrons. The van der Waals surface area contributed by atoms with Crippen molar-refractivity contribution in [2.45, 2.75) is 13.5 Å². The Morgan fingerprint density at radius 2 is 2.36 bits per heavy atom. The SMILES string of the molecule is CC(C(=O)Nc1ncn(Cc2cccc(Br)c2)n1)C1CNC1. The second-order valence-electron chi connectivity index (χ2n) is 5.59. The molecule has 1 amide bonds. The second kappa shape index (κ2) is 6.58. The molecule has 6 nitrogen and oxygen atoms in total. The summed E-state index contributed by atoms with van der Waals surface area (Å²) in [6, 6.07) is 8.02. The fraction of sp³-hybridized carbons (Fsp3) is 0.400. The number of amides is 1. The van der Waals surface area contributed by atoms with Crippen LogP contribution in [0.15, 0.2) is 35.1 Å². The van der Waals surface area contributed by atoms with Crippen molar-refractivity contribution in [1.82, 2.24) is 20.1 Å². The molecule has 1 unspecified atom stereocenters. The highest BCUT2D eigenvalue weighted by Gasteiger charge is 2.29. The van der Waals surface area contributed by atoms with E-state index in [0.717, 1.165) is 23.1 Å². The van der Waals surface area contributed by atoms with Gasteiger partial charge in [-0.3, -0.25) is 10.1 Å². The average Bonchev–Trinajstić information content (AvgIpc) is 2.84. The molecule has 0 saturated carbocycles. The van der Waals surface area contributed by atoms with E-state index < -0.39 is 0 Å². The third-order valence-electron chi connectivity index (χ3n) is 3.94. The van der Waals surface area contributed by atoms with Crippen LogP contribution in [0.5, 0.6) is 0 Å². The third-order valence-corrected chi connectivity index (χ3v) is 4.43. The normalized spacial score (nSPS) is 16.1. The maximum atomic E-state index is 12.1. The Labute approximate surface area is 137 Å². The molecular weight excluding hydrogens is 346 g/mol. The third kappa shape index (κ3) is 3.53. The zero-order chi connectivity index (χ0) is 15.5. The van der Waals surface area contributed by atoms with E-state index in [1.54, 1.807) is 11.0 Å². The van der Waals surface area contributed by atoms with Crippen molar-refractivity contribution in [3.05, 3.63) is 40.6 Å². The molecule has 1 atom stereocenters. The number of carbonyl (C=O) groups excluding carboxylic acids is 1. The molecule has 0 radical (unpaired) electrons. The lowest BCUT2D eigenvalue weighted by atomic mass is 9.88. The first-order valence-electron chi connectivity index (χ1n) is 7.27. The number of hydrogen-bond acceptors (Lipinski definition) is 4. The Bertz CT molecular complexity index is 667. The van der Waals surface area contributed by atoms with E-state index in [0.29, 0.717) is 18.4 Å². The van der Waals surface area contributed by atoms with Crippen LogP contribution in [0.25, 0.3) is 0 Å². The summed E-state index contributed by atoms with van der Waals surface area (Å²) in [5.74, 6) is 0.716. The number of nitrogens with one attached hydrogen (secondary N) is 2. The first-order valence-corrected chi connectivity index (χ1v) is 8.06. The molecule has 2 aromatic rings. The Morgan fingerprint density at radius 3 is 3.05 bits per heavy atom. The molecule has 0 aliphatic carbocycles. The fourth-order valence-corrected chi connectivity index (χ4v) is 2.80. The molecule has 1 saturated heterocycles. The van der Waals surface area contributed by atoms with Gasteiger partial charge >= 0.3 is 0 Å². The van der Waals surface area contributed by atoms with Gasteiger partial charge in [-0.1, -0.05) is 35.0 Å². The molecule has 22 heavy (non-hydrogen) atoms. The summed E-state index contributed by atoms with van der Waals surface area (Å²) in [4.78, 5) is 16.3. The van der Waals surface area contributed by atoms with Gasteiger partial charge in [0.1, 0.15) is 6.33 Å². The van der Waals surface area contributed by atoms with Crippen LogP contribution in [0.1, 0.15) is 12.5 Å². The number of rotatable bonds is 5. The summed E-state index contributed by atoms with van der Waals surface area (Å²) in [6.07, 6.45) is 1.63. The summed E-state index contributed by atoms with van der Waals surface area (Å²) in [6.45, 7) is 4.36. The van der Waals surface area contributed by atoms with Crippen molar-refractivity contribution in [2.24, 2.45) is 11.8 Å². The van der Waals surface area contributed by atoms with E-state index in [4.69, 9.17) is 0 Å². The van der Waals surface area contributed by atoms with Crippen molar-refractivity contribution in [1.29, 1.82) is 0 Å². The Hall–Kier alpha value is -1.73. The molecule has 0 spiro atoms. The van der Waals surface area contributed by atoms with E-state index in [-0.39, 0.29) is 11.8 Å². The topological polar surface area (TPSA) is 71.8 Å². The number of hydrogen-bond donors (Lipinski definition) is 2. The van der Waals surface area contributed by atoms with Gasteiger partial charge in [0.15, 0.2) is 0 Å². The van der Waals surface area contributed by atoms with Gasteiger partial charge in [0, 0.05) is 10.4 Å². The van der Waals surface area contributed by atoms with E-state index in [1.807, 2.05) is 31.2 Å². The Balaban J connectivity index is 1.60. The van der Waals surface area contributed by atoms with Gasteiger partial charge in [-0.25, -0.2) is 9.67 Å². The quantitative estimate of drug-likeness (QED) is 0.850. The van der Waals surface area contributed by atoms with Gasteiger partial charge in [-0.05, 0) is 36.7 Å². The first kappa shape index (κ1) is 15.2. The van der Waals surface area contributed by atoms with Crippen LogP contribution in [0.3, 0.4) is 0 Å². The number of nitrogens with zero attached hydrogens (tertiary/aromatic N) is 3. The Morgan fingerprint density at radius 1 is 1.55 bits per heavy atom. The van der Waals surface area contributed by atoms with E-state index >= 15 is 0 Å². The van der Waals surface area contributed by atoms with E-state index in [2.05, 4.69) is 36.6 Å². The van der Waals surface area contributed by atoms with Crippen LogP contribution >= 0.6 is 15.9 Å². The highest BCUT2D eigenvalue weighted by atomic mass is 79.9. The zero-order valence-corrected chi connectivity index (χ0v) is 13.9. The van der Waals surface area contributed by atoms with Crippen LogP contribution < -0.4 is 10.6 Å². The summed E-state index contributed by atoms with van der Waals surface area (Å²) in [5, 5.41) is 10.3. The molecule has 1 aromatic carbocycles. The molecule has 2 heterocycles. The van der Waals surface area contributed by atoms with Gasteiger partial charge in [0.2, 0.25) is 11.9 Å². The highest BCUT2D eigenvalue weighted by molar-refractivity contribution is 9.10. The largest absolute Gasteiger partial charge is 0.316 e. The number of benzene rings is 1. The molecular formula is C15H18BrN5O. The lowest BCUT2D eigenvalue weighted by Gasteiger charge is -2.31. The molecule has 1 aliphatic heterocycles. The minimum absolute atomic E-state index is 0.0216. The maximum Gasteiger partial charge on any atom is 0.248 e. The van der Waals surface area contributed by atoms with Gasteiger partial charge in [-0.15, -0.1) is 5.10 Å². The number of halogens is 1. The minimum atomic E-state index is -0.0294. The van der Waals surface area contributed by atoms with E-state index in [9.17, 15) is 4.79 Å². The molecule has 3 rings (SSSR count). The molecule has 0 bridgehead atoms. The van der Waals surface area contributed by atoms with Crippen molar-refractivity contribution >= 4 is 27.8 Å². The van der Waals surface area contributed by atoms with Gasteiger partial charge in [0.25, 0.3) is 0 Å². The zero-order valence-electron chi connectivity index (χ0n) is 12.3. The van der Waals surface area contributed by atoms with Crippen molar-refractivity contribution in [2.75, 3.05) is 18.4 Å². The predicted octanol–water partition coefficient (Wildman–Crippen LogP) is 1.88. The average molecular weight is 364 g/mol. The van der Waals surface area contributed by atoms with Crippen molar-refractivity contribution < 1.29 is 4.79 Å². The molecule has 2 N–H and O–H groups in total. The number of anilines is 1. The minimum Gasteiger partial charge on any atom is -0.316 e. The van der Waals surface area contributed by atoms with E-state index in [1.165, 1.54) is 0 Å². The summed E-state index contributed by atoms with van der Waals surface area (Å²) in [5.41, 5.74) is 1.12. The lowest BCUT2D eigenvalue weighted by Crippen LogP contribution is -2.48. The van der Waals surface area contributed by atoms with Crippen LogP contribution in [0, 0.1) is 11.8 Å². The second-order valence-corrected chi connectivity index (χ2v) is 6.51. The first-order chi connectivity index (χ1) is 10.6. The summed E-state index contributed by atoms with van der Waals surface area (Å²) >= 11 is 3.45. The Kier molecular flexibility index (Phi) is 4.54. The fourth-order valence-electron chi connectivity index (χ4n) is 2.35. The monoisotopic (exact) mass is 363 g/mol. The predicted molar refractivity (Wildman–Crippen MR) is 87.4 cm³/mol. The smallest absolute Gasteiger partial charge is 0.248 e. The van der Waals surface area contributed by atoms with Crippen LogP contribution in [-0.4, -0.2) is 33.8 Å². The maximum absolute atomic E-state index is 12.1. The summed E-state index contributed by atoms with van der Waals surface area (Å²) in [7, 11) is 0. The van der Waals surface area contributed by atoms with Crippen LogP contribution in [0.2, 0.25) is 0 Å². The van der Waals surface area contributed by atoms with Gasteiger partial charge < -0.3 is 5.32 Å². The van der Waals surface area contributed by atoms with Gasteiger partial charge in [0.05, 0.1) is 6.54 Å². The van der Waals surface area contributed by atoms with Gasteiger partial charge in [-0.2, -0.15) is 0 Å². The molecule has 1 aromatic heterocycles. The lowest BCUT2D eigenvalue weighted by molar-refractivity contribution is -0.121. The van der Waals surface area contributed by atoms with Crippen LogP contribution in [-0.2, 0) is 11.3 Å². The highest BCUT2D eigenvalue weighted by Crippen LogP contribution is 2.17. The number of carbonyl (C=O) groups is 1. The standard InChI is InChI=1S/C15H18BrN5O/c1-10(12-6-17-7-12)14(22)19-15-18-9-21(20-15)8-11-3-2-4-13(16)5-11/h2-5,9-10,12,17H,6-8H2,1H3,(H,19,20,22). The summed E-state index contributed by atoms with van der Waals surface area (Å²) < 4.78 is 2.74. The van der Waals surface area contributed by atoms with Crippen molar-refractivity contribution in [3.8, 4) is 0 Å². The molecule has 7 heteroatoms. The molecule has 1 fully saturated rings. The van der Waals surface area contributed by atoms with Crippen LogP contribution in [0.4, 0.5) is 5.95 Å². The molecule has 1 aliphatic rings.